The van der Waals surface area contributed by atoms with Gasteiger partial charge in [-0.25, -0.2) is 14.8 Å². The summed E-state index contributed by atoms with van der Waals surface area (Å²) < 4.78 is 13.2. The number of nitrogens with zero attached hydrogens (tertiary/aromatic N) is 5. The highest BCUT2D eigenvalue weighted by molar-refractivity contribution is 5.96. The van der Waals surface area contributed by atoms with Crippen LogP contribution in [0.5, 0.6) is 5.75 Å². The number of fused-ring (bicyclic) bond motifs is 3. The predicted molar refractivity (Wildman–Crippen MR) is 127 cm³/mol. The van der Waals surface area contributed by atoms with E-state index in [2.05, 4.69) is 30.7 Å². The molecule has 4 heterocycles. The Morgan fingerprint density at radius 3 is 2.85 bits per heavy atom. The molecule has 0 saturated carbocycles. The zero-order valence-corrected chi connectivity index (χ0v) is 18.8. The van der Waals surface area contributed by atoms with Crippen LogP contribution < -0.4 is 15.4 Å². The summed E-state index contributed by atoms with van der Waals surface area (Å²) in [6, 6.07) is 11.3. The summed E-state index contributed by atoms with van der Waals surface area (Å²) in [5.41, 5.74) is 3.92. The third-order valence-electron chi connectivity index (χ3n) is 5.39. The Balaban J connectivity index is 1.54. The lowest BCUT2D eigenvalue weighted by molar-refractivity contribution is 0.0526. The Labute approximate surface area is 196 Å². The number of pyridine rings is 1. The van der Waals surface area contributed by atoms with Gasteiger partial charge in [0.25, 0.3) is 0 Å². The van der Waals surface area contributed by atoms with Crippen LogP contribution in [0.4, 0.5) is 23.3 Å². The molecule has 0 fully saturated rings. The third kappa shape index (κ3) is 4.13. The molecule has 1 aliphatic heterocycles. The minimum absolute atomic E-state index is 0.210. The summed E-state index contributed by atoms with van der Waals surface area (Å²) in [5.74, 6) is 1.30. The highest BCUT2D eigenvalue weighted by atomic mass is 16.5. The first-order valence-corrected chi connectivity index (χ1v) is 10.9. The fourth-order valence-corrected chi connectivity index (χ4v) is 3.81. The van der Waals surface area contributed by atoms with Gasteiger partial charge in [0.15, 0.2) is 11.6 Å². The molecule has 10 nitrogen and oxygen atoms in total. The topological polar surface area (TPSA) is 116 Å². The SMILES string of the molecule is CCOC(=O)c1cnc(Nc2ccccn2)nc1Nc1cccc2c1OCCc1c-2cnn1C. The van der Waals surface area contributed by atoms with E-state index < -0.39 is 5.97 Å². The highest BCUT2D eigenvalue weighted by Crippen LogP contribution is 2.41. The van der Waals surface area contributed by atoms with Gasteiger partial charge in [-0.2, -0.15) is 10.1 Å². The molecule has 0 aliphatic carbocycles. The van der Waals surface area contributed by atoms with E-state index in [9.17, 15) is 4.79 Å². The average Bonchev–Trinajstić information content (AvgIpc) is 3.09. The fraction of sp³-hybridized carbons (Fsp3) is 0.208. The Morgan fingerprint density at radius 1 is 1.12 bits per heavy atom. The fourth-order valence-electron chi connectivity index (χ4n) is 3.81. The lowest BCUT2D eigenvalue weighted by Crippen LogP contribution is -2.12. The number of hydrogen-bond acceptors (Lipinski definition) is 9. The summed E-state index contributed by atoms with van der Waals surface area (Å²) in [6.45, 7) is 2.48. The van der Waals surface area contributed by atoms with E-state index in [-0.39, 0.29) is 18.1 Å². The van der Waals surface area contributed by atoms with Gasteiger partial charge in [0, 0.05) is 42.7 Å². The summed E-state index contributed by atoms with van der Waals surface area (Å²) in [5, 5.41) is 10.7. The molecular formula is C24H23N7O3. The second kappa shape index (κ2) is 9.18. The largest absolute Gasteiger partial charge is 0.490 e. The van der Waals surface area contributed by atoms with Crippen LogP contribution in [0.1, 0.15) is 23.0 Å². The van der Waals surface area contributed by atoms with Gasteiger partial charge in [-0.1, -0.05) is 18.2 Å². The number of carbonyl (C=O) groups excluding carboxylic acids is 1. The van der Waals surface area contributed by atoms with Crippen LogP contribution in [0.2, 0.25) is 0 Å². The number of rotatable bonds is 6. The molecule has 0 spiro atoms. The summed E-state index contributed by atoms with van der Waals surface area (Å²) >= 11 is 0. The molecule has 2 N–H and O–H groups in total. The second-order valence-electron chi connectivity index (χ2n) is 7.55. The van der Waals surface area contributed by atoms with E-state index in [1.807, 2.05) is 48.3 Å². The van der Waals surface area contributed by atoms with Gasteiger partial charge < -0.3 is 20.1 Å². The lowest BCUT2D eigenvalue weighted by Gasteiger charge is -2.16. The molecule has 0 atom stereocenters. The minimum Gasteiger partial charge on any atom is -0.490 e. The molecule has 0 saturated heterocycles. The van der Waals surface area contributed by atoms with Crippen molar-refractivity contribution in [1.29, 1.82) is 0 Å². The highest BCUT2D eigenvalue weighted by Gasteiger charge is 2.23. The maximum Gasteiger partial charge on any atom is 0.343 e. The van der Waals surface area contributed by atoms with E-state index in [4.69, 9.17) is 9.47 Å². The molecule has 10 heteroatoms. The first kappa shape index (κ1) is 21.4. The van der Waals surface area contributed by atoms with Gasteiger partial charge in [0.1, 0.15) is 11.4 Å². The number of benzene rings is 1. The van der Waals surface area contributed by atoms with E-state index in [0.717, 1.165) is 23.2 Å². The number of hydrogen-bond donors (Lipinski definition) is 2. The standard InChI is InChI=1S/C24H23N7O3/c1-3-33-23(32)17-13-26-24(29-20-9-4-5-11-25-20)30-22(17)28-18-8-6-7-15-16-14-27-31(2)19(16)10-12-34-21(15)18/h4-9,11,13-14H,3,10,12H2,1-2H3,(H2,25,26,28,29,30). The van der Waals surface area contributed by atoms with Crippen molar-refractivity contribution in [2.24, 2.45) is 7.05 Å². The zero-order chi connectivity index (χ0) is 23.5. The number of aromatic nitrogens is 5. The van der Waals surface area contributed by atoms with Crippen LogP contribution in [-0.4, -0.2) is 43.9 Å². The van der Waals surface area contributed by atoms with Crippen molar-refractivity contribution in [1.82, 2.24) is 24.7 Å². The molecule has 34 heavy (non-hydrogen) atoms. The van der Waals surface area contributed by atoms with Gasteiger partial charge in [0.05, 0.1) is 25.1 Å². The number of nitrogens with one attached hydrogen (secondary N) is 2. The average molecular weight is 457 g/mol. The zero-order valence-electron chi connectivity index (χ0n) is 18.8. The number of esters is 1. The van der Waals surface area contributed by atoms with E-state index in [0.29, 0.717) is 29.7 Å². The van der Waals surface area contributed by atoms with Crippen molar-refractivity contribution in [3.05, 3.63) is 66.2 Å². The van der Waals surface area contributed by atoms with Crippen LogP contribution >= 0.6 is 0 Å². The molecule has 0 bridgehead atoms. The number of para-hydroxylation sites is 1. The Hall–Kier alpha value is -4.47. The van der Waals surface area contributed by atoms with E-state index >= 15 is 0 Å². The van der Waals surface area contributed by atoms with Gasteiger partial charge in [-0.3, -0.25) is 4.68 Å². The van der Waals surface area contributed by atoms with Crippen LogP contribution in [-0.2, 0) is 18.2 Å². The molecule has 1 aromatic carbocycles. The number of anilines is 4. The molecule has 172 valence electrons. The van der Waals surface area contributed by atoms with E-state index in [1.165, 1.54) is 6.20 Å². The van der Waals surface area contributed by atoms with Crippen LogP contribution in [0, 0.1) is 0 Å². The summed E-state index contributed by atoms with van der Waals surface area (Å²) in [6.07, 6.45) is 5.67. The Kier molecular flexibility index (Phi) is 5.77. The maximum atomic E-state index is 12.6. The Morgan fingerprint density at radius 2 is 2.03 bits per heavy atom. The molecule has 1 aliphatic rings. The summed E-state index contributed by atoms with van der Waals surface area (Å²) in [4.78, 5) is 25.7. The number of aryl methyl sites for hydroxylation is 1. The lowest BCUT2D eigenvalue weighted by atomic mass is 10.0. The Bertz CT molecular complexity index is 1340. The van der Waals surface area contributed by atoms with Crippen LogP contribution in [0.25, 0.3) is 11.1 Å². The first-order valence-electron chi connectivity index (χ1n) is 10.9. The van der Waals surface area contributed by atoms with Crippen molar-refractivity contribution >= 4 is 29.2 Å². The molecule has 0 radical (unpaired) electrons. The molecule has 4 aromatic rings. The number of carbonyl (C=O) groups is 1. The van der Waals surface area contributed by atoms with Crippen LogP contribution in [0.15, 0.2) is 55.0 Å². The van der Waals surface area contributed by atoms with Gasteiger partial charge >= 0.3 is 5.97 Å². The number of ether oxygens (including phenoxy) is 2. The van der Waals surface area contributed by atoms with Gasteiger partial charge in [0.2, 0.25) is 5.95 Å². The molecule has 0 amide bonds. The van der Waals surface area contributed by atoms with Gasteiger partial charge in [-0.05, 0) is 25.1 Å². The second-order valence-corrected chi connectivity index (χ2v) is 7.55. The predicted octanol–water partition coefficient (Wildman–Crippen LogP) is 3.87. The van der Waals surface area contributed by atoms with Crippen molar-refractivity contribution in [2.45, 2.75) is 13.3 Å². The normalized spacial score (nSPS) is 12.1. The first-order chi connectivity index (χ1) is 16.6. The van der Waals surface area contributed by atoms with Crippen LogP contribution in [0.3, 0.4) is 0 Å². The smallest absolute Gasteiger partial charge is 0.343 e. The third-order valence-corrected chi connectivity index (χ3v) is 5.39. The molecule has 5 rings (SSSR count). The quantitative estimate of drug-likeness (QED) is 0.416. The summed E-state index contributed by atoms with van der Waals surface area (Å²) in [7, 11) is 1.93. The van der Waals surface area contributed by atoms with E-state index in [1.54, 1.807) is 19.2 Å². The van der Waals surface area contributed by atoms with Crippen molar-refractivity contribution in [3.63, 3.8) is 0 Å². The monoisotopic (exact) mass is 457 g/mol. The van der Waals surface area contributed by atoms with Crippen molar-refractivity contribution < 1.29 is 14.3 Å². The molecule has 0 unspecified atom stereocenters. The molecular weight excluding hydrogens is 434 g/mol. The maximum absolute atomic E-state index is 12.6. The van der Waals surface area contributed by atoms with Crippen molar-refractivity contribution in [3.8, 4) is 16.9 Å². The molecule has 3 aromatic heterocycles. The van der Waals surface area contributed by atoms with Gasteiger partial charge in [-0.15, -0.1) is 0 Å². The minimum atomic E-state index is -0.521. The van der Waals surface area contributed by atoms with Crippen molar-refractivity contribution in [2.75, 3.05) is 23.8 Å².